The van der Waals surface area contributed by atoms with Gasteiger partial charge in [0.2, 0.25) is 11.8 Å². The summed E-state index contributed by atoms with van der Waals surface area (Å²) < 4.78 is 0. The van der Waals surface area contributed by atoms with Crippen molar-refractivity contribution < 1.29 is 9.59 Å². The smallest absolute Gasteiger partial charge is 0.238 e. The van der Waals surface area contributed by atoms with Gasteiger partial charge < -0.3 is 15.1 Å². The first-order chi connectivity index (χ1) is 9.95. The summed E-state index contributed by atoms with van der Waals surface area (Å²) >= 11 is 0. The summed E-state index contributed by atoms with van der Waals surface area (Å²) in [4.78, 5) is 29.0. The molecule has 2 aliphatic rings. The summed E-state index contributed by atoms with van der Waals surface area (Å²) in [5, 5.41) is 2.96. The third-order valence-corrected chi connectivity index (χ3v) is 4.73. The van der Waals surface area contributed by atoms with Gasteiger partial charge in [-0.2, -0.15) is 0 Å². The van der Waals surface area contributed by atoms with Gasteiger partial charge in [-0.3, -0.25) is 9.59 Å². The third-order valence-electron chi connectivity index (χ3n) is 4.73. The molecule has 1 N–H and O–H groups in total. The molecule has 5 heteroatoms. The van der Waals surface area contributed by atoms with Gasteiger partial charge in [-0.05, 0) is 58.7 Å². The van der Waals surface area contributed by atoms with Gasteiger partial charge >= 0.3 is 0 Å². The van der Waals surface area contributed by atoms with Crippen LogP contribution < -0.4 is 5.32 Å². The van der Waals surface area contributed by atoms with E-state index >= 15 is 0 Å². The van der Waals surface area contributed by atoms with E-state index in [1.165, 1.54) is 0 Å². The summed E-state index contributed by atoms with van der Waals surface area (Å²) in [6.07, 6.45) is 4.48. The number of nitrogens with zero attached hydrogens (tertiary/aromatic N) is 2. The zero-order chi connectivity index (χ0) is 15.5. The topological polar surface area (TPSA) is 52.7 Å². The lowest BCUT2D eigenvalue weighted by Crippen LogP contribution is -2.48. The first-order valence-corrected chi connectivity index (χ1v) is 8.18. The van der Waals surface area contributed by atoms with Crippen molar-refractivity contribution in [2.24, 2.45) is 11.3 Å². The highest BCUT2D eigenvalue weighted by Crippen LogP contribution is 2.48. The second-order valence-corrected chi connectivity index (χ2v) is 6.97. The molecule has 0 aromatic carbocycles. The Morgan fingerprint density at radius 1 is 1.24 bits per heavy atom. The molecular weight excluding hydrogens is 266 g/mol. The molecule has 21 heavy (non-hydrogen) atoms. The predicted molar refractivity (Wildman–Crippen MR) is 82.8 cm³/mol. The van der Waals surface area contributed by atoms with E-state index in [0.29, 0.717) is 12.5 Å². The summed E-state index contributed by atoms with van der Waals surface area (Å²) in [6, 6.07) is 0. The van der Waals surface area contributed by atoms with Gasteiger partial charge in [0.05, 0.1) is 0 Å². The highest BCUT2D eigenvalue weighted by atomic mass is 16.2. The normalized spacial score (nSPS) is 21.4. The lowest BCUT2D eigenvalue weighted by molar-refractivity contribution is -0.145. The molecule has 0 radical (unpaired) electrons. The number of carbonyl (C=O) groups is 2. The number of carbonyl (C=O) groups excluding carboxylic acids is 2. The minimum Gasteiger partial charge on any atom is -0.355 e. The van der Waals surface area contributed by atoms with E-state index in [-0.39, 0.29) is 11.8 Å². The monoisotopic (exact) mass is 295 g/mol. The molecule has 0 unspecified atom stereocenters. The van der Waals surface area contributed by atoms with Crippen LogP contribution in [0.5, 0.6) is 0 Å². The lowest BCUT2D eigenvalue weighted by Gasteiger charge is -2.32. The number of rotatable bonds is 6. The van der Waals surface area contributed by atoms with E-state index in [1.807, 2.05) is 19.0 Å². The fraction of sp³-hybridized carbons (Fsp3) is 0.875. The van der Waals surface area contributed by atoms with E-state index in [0.717, 1.165) is 51.7 Å². The summed E-state index contributed by atoms with van der Waals surface area (Å²) in [6.45, 7) is 5.46. The number of likely N-dealkylation sites (tertiary alicyclic amines) is 1. The molecule has 1 saturated carbocycles. The molecule has 1 heterocycles. The summed E-state index contributed by atoms with van der Waals surface area (Å²) in [5.74, 6) is 0.716. The van der Waals surface area contributed by atoms with Crippen LogP contribution in [0.2, 0.25) is 0 Å². The zero-order valence-electron chi connectivity index (χ0n) is 13.7. The van der Waals surface area contributed by atoms with Crippen LogP contribution in [0, 0.1) is 11.3 Å². The molecule has 0 aromatic heterocycles. The van der Waals surface area contributed by atoms with Gasteiger partial charge in [-0.25, -0.2) is 0 Å². The molecule has 120 valence electrons. The van der Waals surface area contributed by atoms with Crippen LogP contribution in [0.15, 0.2) is 0 Å². The number of piperidine rings is 1. The summed E-state index contributed by atoms with van der Waals surface area (Å²) in [5.41, 5.74) is -0.724. The van der Waals surface area contributed by atoms with E-state index in [2.05, 4.69) is 17.1 Å². The number of hydrogen-bond acceptors (Lipinski definition) is 3. The van der Waals surface area contributed by atoms with Crippen LogP contribution in [0.3, 0.4) is 0 Å². The molecule has 0 bridgehead atoms. The van der Waals surface area contributed by atoms with Crippen LogP contribution in [-0.4, -0.2) is 61.9 Å². The molecule has 2 fully saturated rings. The van der Waals surface area contributed by atoms with Gasteiger partial charge in [-0.1, -0.05) is 6.92 Å². The molecule has 2 rings (SSSR count). The van der Waals surface area contributed by atoms with Crippen LogP contribution in [-0.2, 0) is 9.59 Å². The Hall–Kier alpha value is -1.10. The van der Waals surface area contributed by atoms with Crippen molar-refractivity contribution in [1.82, 2.24) is 15.1 Å². The molecule has 1 saturated heterocycles. The highest BCUT2D eigenvalue weighted by molar-refractivity contribution is 6.07. The Morgan fingerprint density at radius 2 is 1.86 bits per heavy atom. The van der Waals surface area contributed by atoms with Gasteiger partial charge in [0.25, 0.3) is 0 Å². The molecule has 0 spiro atoms. The largest absolute Gasteiger partial charge is 0.355 e. The van der Waals surface area contributed by atoms with E-state index in [4.69, 9.17) is 0 Å². The zero-order valence-corrected chi connectivity index (χ0v) is 13.7. The van der Waals surface area contributed by atoms with Crippen molar-refractivity contribution in [1.29, 1.82) is 0 Å². The van der Waals surface area contributed by atoms with E-state index in [1.54, 1.807) is 0 Å². The Kier molecular flexibility index (Phi) is 5.25. The van der Waals surface area contributed by atoms with Gasteiger partial charge in [0.1, 0.15) is 5.41 Å². The summed E-state index contributed by atoms with van der Waals surface area (Å²) in [7, 11) is 4.04. The van der Waals surface area contributed by atoms with Crippen molar-refractivity contribution in [3.63, 3.8) is 0 Å². The first-order valence-electron chi connectivity index (χ1n) is 8.18. The van der Waals surface area contributed by atoms with Crippen molar-refractivity contribution in [2.45, 2.75) is 39.0 Å². The van der Waals surface area contributed by atoms with E-state index < -0.39 is 5.41 Å². The lowest BCUT2D eigenvalue weighted by atomic mass is 9.96. The molecule has 0 aromatic rings. The second kappa shape index (κ2) is 6.77. The van der Waals surface area contributed by atoms with Gasteiger partial charge in [0.15, 0.2) is 0 Å². The molecule has 1 aliphatic carbocycles. The maximum Gasteiger partial charge on any atom is 0.238 e. The van der Waals surface area contributed by atoms with Crippen molar-refractivity contribution in [3.05, 3.63) is 0 Å². The number of hydrogen-bond donors (Lipinski definition) is 1. The number of amides is 2. The average Bonchev–Trinajstić information content (AvgIpc) is 3.25. The molecular formula is C16H29N3O2. The standard InChI is InChI=1S/C16H29N3O2/c1-13-5-11-19(12-6-13)15(21)16(7-8-16)14(20)17-9-4-10-18(2)3/h13H,4-12H2,1-3H3,(H,17,20). The van der Waals surface area contributed by atoms with Gasteiger partial charge in [-0.15, -0.1) is 0 Å². The minimum absolute atomic E-state index is 0.0510. The maximum atomic E-state index is 12.6. The Balaban J connectivity index is 1.80. The fourth-order valence-electron chi connectivity index (χ4n) is 2.94. The second-order valence-electron chi connectivity index (χ2n) is 6.97. The van der Waals surface area contributed by atoms with Gasteiger partial charge in [0, 0.05) is 19.6 Å². The molecule has 1 aliphatic heterocycles. The molecule has 0 atom stereocenters. The average molecular weight is 295 g/mol. The fourth-order valence-corrected chi connectivity index (χ4v) is 2.94. The predicted octanol–water partition coefficient (Wildman–Crippen LogP) is 1.09. The van der Waals surface area contributed by atoms with Crippen LogP contribution >= 0.6 is 0 Å². The molecule has 5 nitrogen and oxygen atoms in total. The first kappa shape index (κ1) is 16.3. The van der Waals surface area contributed by atoms with E-state index in [9.17, 15) is 9.59 Å². The highest BCUT2D eigenvalue weighted by Gasteiger charge is 2.57. The molecule has 2 amide bonds. The van der Waals surface area contributed by atoms with Crippen LogP contribution in [0.1, 0.15) is 39.0 Å². The Bertz CT molecular complexity index is 383. The quantitative estimate of drug-likeness (QED) is 0.589. The number of nitrogens with one attached hydrogen (secondary N) is 1. The van der Waals surface area contributed by atoms with Crippen molar-refractivity contribution in [3.8, 4) is 0 Å². The Labute approximate surface area is 128 Å². The van der Waals surface area contributed by atoms with Crippen molar-refractivity contribution >= 4 is 11.8 Å². The minimum atomic E-state index is -0.724. The maximum absolute atomic E-state index is 12.6. The van der Waals surface area contributed by atoms with Crippen LogP contribution in [0.25, 0.3) is 0 Å². The SMILES string of the molecule is CC1CCN(C(=O)C2(C(=O)NCCCN(C)C)CC2)CC1. The van der Waals surface area contributed by atoms with Crippen molar-refractivity contribution in [2.75, 3.05) is 40.3 Å². The van der Waals surface area contributed by atoms with Crippen LogP contribution in [0.4, 0.5) is 0 Å². The Morgan fingerprint density at radius 3 is 2.38 bits per heavy atom. The third kappa shape index (κ3) is 3.96.